The average Bonchev–Trinajstić information content (AvgIpc) is 2.67. The number of hydrogen-bond donors (Lipinski definition) is 1. The number of hydrogen-bond acceptors (Lipinski definition) is 2. The Kier molecular flexibility index (Phi) is 2.21. The SMILES string of the molecule is CCOc1cccc(C2(N)C3CCCC32)c1. The van der Waals surface area contributed by atoms with Gasteiger partial charge in [0, 0.05) is 5.54 Å². The van der Waals surface area contributed by atoms with Crippen LogP contribution in [0.15, 0.2) is 24.3 Å². The first-order valence-electron chi connectivity index (χ1n) is 6.29. The van der Waals surface area contributed by atoms with Gasteiger partial charge < -0.3 is 10.5 Å². The third-order valence-electron chi connectivity index (χ3n) is 4.28. The number of ether oxygens (including phenoxy) is 1. The number of fused-ring (bicyclic) bond motifs is 1. The van der Waals surface area contributed by atoms with Crippen molar-refractivity contribution in [2.45, 2.75) is 31.7 Å². The maximum absolute atomic E-state index is 6.53. The van der Waals surface area contributed by atoms with E-state index in [4.69, 9.17) is 10.5 Å². The molecule has 2 atom stereocenters. The van der Waals surface area contributed by atoms with Crippen molar-refractivity contribution >= 4 is 0 Å². The van der Waals surface area contributed by atoms with Crippen LogP contribution in [-0.2, 0) is 5.54 Å². The first-order chi connectivity index (χ1) is 7.76. The Balaban J connectivity index is 1.87. The summed E-state index contributed by atoms with van der Waals surface area (Å²) in [6.07, 6.45) is 3.97. The van der Waals surface area contributed by atoms with E-state index in [1.807, 2.05) is 13.0 Å². The minimum Gasteiger partial charge on any atom is -0.494 e. The van der Waals surface area contributed by atoms with E-state index >= 15 is 0 Å². The van der Waals surface area contributed by atoms with Crippen LogP contribution in [0.2, 0.25) is 0 Å². The van der Waals surface area contributed by atoms with Crippen molar-refractivity contribution in [3.8, 4) is 5.75 Å². The molecule has 0 aromatic heterocycles. The molecule has 0 spiro atoms. The molecule has 2 unspecified atom stereocenters. The van der Waals surface area contributed by atoms with Gasteiger partial charge in [-0.2, -0.15) is 0 Å². The monoisotopic (exact) mass is 217 g/mol. The van der Waals surface area contributed by atoms with E-state index in [-0.39, 0.29) is 5.54 Å². The molecule has 0 amide bonds. The smallest absolute Gasteiger partial charge is 0.119 e. The van der Waals surface area contributed by atoms with Crippen molar-refractivity contribution < 1.29 is 4.74 Å². The van der Waals surface area contributed by atoms with Gasteiger partial charge in [-0.1, -0.05) is 18.6 Å². The lowest BCUT2D eigenvalue weighted by atomic mass is 9.97. The second-order valence-corrected chi connectivity index (χ2v) is 5.04. The maximum atomic E-state index is 6.53. The van der Waals surface area contributed by atoms with E-state index in [0.29, 0.717) is 6.61 Å². The third-order valence-corrected chi connectivity index (χ3v) is 4.28. The molecular weight excluding hydrogens is 198 g/mol. The van der Waals surface area contributed by atoms with Crippen molar-refractivity contribution in [3.05, 3.63) is 29.8 Å². The molecule has 16 heavy (non-hydrogen) atoms. The molecule has 1 aromatic carbocycles. The van der Waals surface area contributed by atoms with Gasteiger partial charge in [-0.25, -0.2) is 0 Å². The molecule has 2 fully saturated rings. The lowest BCUT2D eigenvalue weighted by Gasteiger charge is -2.17. The van der Waals surface area contributed by atoms with Crippen molar-refractivity contribution in [2.75, 3.05) is 6.61 Å². The van der Waals surface area contributed by atoms with E-state index in [2.05, 4.69) is 18.2 Å². The van der Waals surface area contributed by atoms with Crippen LogP contribution in [0.25, 0.3) is 0 Å². The molecule has 86 valence electrons. The van der Waals surface area contributed by atoms with Gasteiger partial charge in [0.2, 0.25) is 0 Å². The van der Waals surface area contributed by atoms with Gasteiger partial charge >= 0.3 is 0 Å². The number of benzene rings is 1. The summed E-state index contributed by atoms with van der Waals surface area (Å²) in [6.45, 7) is 2.73. The fraction of sp³-hybridized carbons (Fsp3) is 0.571. The summed E-state index contributed by atoms with van der Waals surface area (Å²) in [4.78, 5) is 0. The summed E-state index contributed by atoms with van der Waals surface area (Å²) in [5, 5.41) is 0. The van der Waals surface area contributed by atoms with Crippen LogP contribution in [0.1, 0.15) is 31.7 Å². The molecule has 1 aromatic rings. The Morgan fingerprint density at radius 1 is 1.38 bits per heavy atom. The molecule has 0 radical (unpaired) electrons. The van der Waals surface area contributed by atoms with Gasteiger partial charge in [0.05, 0.1) is 6.61 Å². The Labute approximate surface area is 96.8 Å². The van der Waals surface area contributed by atoms with Crippen LogP contribution in [-0.4, -0.2) is 6.61 Å². The minimum atomic E-state index is -0.0363. The highest BCUT2D eigenvalue weighted by atomic mass is 16.5. The first-order valence-corrected chi connectivity index (χ1v) is 6.29. The Bertz CT molecular complexity index is 391. The summed E-state index contributed by atoms with van der Waals surface area (Å²) < 4.78 is 5.54. The van der Waals surface area contributed by atoms with Crippen molar-refractivity contribution in [2.24, 2.45) is 17.6 Å². The normalized spacial score (nSPS) is 35.9. The highest BCUT2D eigenvalue weighted by Crippen LogP contribution is 2.64. The van der Waals surface area contributed by atoms with Crippen LogP contribution < -0.4 is 10.5 Å². The maximum Gasteiger partial charge on any atom is 0.119 e. The first kappa shape index (κ1) is 10.2. The molecular formula is C14H19NO. The van der Waals surface area contributed by atoms with Gasteiger partial charge in [-0.3, -0.25) is 0 Å². The molecule has 2 heteroatoms. The molecule has 0 aliphatic heterocycles. The topological polar surface area (TPSA) is 35.2 Å². The molecule has 2 aliphatic carbocycles. The zero-order chi connectivity index (χ0) is 11.2. The summed E-state index contributed by atoms with van der Waals surface area (Å²) in [5.74, 6) is 2.41. The lowest BCUT2D eigenvalue weighted by Crippen LogP contribution is -2.25. The molecule has 2 aliphatic rings. The van der Waals surface area contributed by atoms with Crippen molar-refractivity contribution in [3.63, 3.8) is 0 Å². The van der Waals surface area contributed by atoms with Crippen LogP contribution in [0, 0.1) is 11.8 Å². The van der Waals surface area contributed by atoms with E-state index in [1.54, 1.807) is 0 Å². The second kappa shape index (κ2) is 3.49. The molecule has 2 nitrogen and oxygen atoms in total. The minimum absolute atomic E-state index is 0.0363. The van der Waals surface area contributed by atoms with Crippen molar-refractivity contribution in [1.29, 1.82) is 0 Å². The van der Waals surface area contributed by atoms with Crippen LogP contribution >= 0.6 is 0 Å². The quantitative estimate of drug-likeness (QED) is 0.844. The fourth-order valence-electron chi connectivity index (χ4n) is 3.45. The molecule has 0 bridgehead atoms. The standard InChI is InChI=1S/C14H19NO/c1-2-16-11-6-3-5-10(9-11)14(15)12-7-4-8-13(12)14/h3,5-6,9,12-13H,2,4,7-8,15H2,1H3. The van der Waals surface area contributed by atoms with Gasteiger partial charge in [0.25, 0.3) is 0 Å². The van der Waals surface area contributed by atoms with E-state index in [1.165, 1.54) is 24.8 Å². The van der Waals surface area contributed by atoms with E-state index in [9.17, 15) is 0 Å². The van der Waals surface area contributed by atoms with E-state index < -0.39 is 0 Å². The molecule has 2 N–H and O–H groups in total. The Morgan fingerprint density at radius 2 is 2.12 bits per heavy atom. The zero-order valence-corrected chi connectivity index (χ0v) is 9.78. The zero-order valence-electron chi connectivity index (χ0n) is 9.78. The molecule has 2 saturated carbocycles. The highest BCUT2D eigenvalue weighted by molar-refractivity contribution is 5.40. The van der Waals surface area contributed by atoms with Crippen molar-refractivity contribution in [1.82, 2.24) is 0 Å². The summed E-state index contributed by atoms with van der Waals surface area (Å²) in [5.41, 5.74) is 7.76. The highest BCUT2D eigenvalue weighted by Gasteiger charge is 2.64. The predicted molar refractivity (Wildman–Crippen MR) is 64.3 cm³/mol. The largest absolute Gasteiger partial charge is 0.494 e. The number of rotatable bonds is 3. The Hall–Kier alpha value is -1.02. The summed E-state index contributed by atoms with van der Waals surface area (Å²) in [6, 6.07) is 8.35. The fourth-order valence-corrected chi connectivity index (χ4v) is 3.45. The predicted octanol–water partition coefficient (Wildman–Crippen LogP) is 2.67. The average molecular weight is 217 g/mol. The molecule has 3 rings (SSSR count). The number of nitrogens with two attached hydrogens (primary N) is 1. The van der Waals surface area contributed by atoms with E-state index in [0.717, 1.165) is 17.6 Å². The third kappa shape index (κ3) is 1.29. The molecule has 0 heterocycles. The van der Waals surface area contributed by atoms with Gasteiger partial charge in [0.1, 0.15) is 5.75 Å². The Morgan fingerprint density at radius 3 is 2.81 bits per heavy atom. The van der Waals surface area contributed by atoms with Crippen LogP contribution in [0.3, 0.4) is 0 Å². The summed E-state index contributed by atoms with van der Waals surface area (Å²) >= 11 is 0. The van der Waals surface area contributed by atoms with Gasteiger partial charge in [-0.05, 0) is 49.3 Å². The summed E-state index contributed by atoms with van der Waals surface area (Å²) in [7, 11) is 0. The van der Waals surface area contributed by atoms with Gasteiger partial charge in [0.15, 0.2) is 0 Å². The lowest BCUT2D eigenvalue weighted by molar-refractivity contribution is 0.339. The van der Waals surface area contributed by atoms with Crippen LogP contribution in [0.4, 0.5) is 0 Å². The van der Waals surface area contributed by atoms with Gasteiger partial charge in [-0.15, -0.1) is 0 Å². The second-order valence-electron chi connectivity index (χ2n) is 5.04. The van der Waals surface area contributed by atoms with Crippen LogP contribution in [0.5, 0.6) is 5.75 Å². The molecule has 0 saturated heterocycles.